The number of hydrogen-bond donors (Lipinski definition) is 2. The van der Waals surface area contributed by atoms with Crippen LogP contribution in [0.15, 0.2) is 36.4 Å². The van der Waals surface area contributed by atoms with Crippen LogP contribution in [0.2, 0.25) is 10.0 Å². The number of benzene rings is 2. The first-order chi connectivity index (χ1) is 12.8. The van der Waals surface area contributed by atoms with E-state index in [2.05, 4.69) is 15.4 Å². The molecule has 0 aliphatic heterocycles. The van der Waals surface area contributed by atoms with E-state index in [0.29, 0.717) is 5.02 Å². The Hall–Kier alpha value is -2.71. The standard InChI is InChI=1S/C17H12Cl2F2N2O4/c18-9-1-3-11(12(19)5-9)17(26)22-7-16(25)27-8-15(24)23-14-6-10(20)2-4-13(14)21/h1-6H,7-8H2,(H,22,26)(H,23,24). The molecule has 0 atom stereocenters. The van der Waals surface area contributed by atoms with Gasteiger partial charge in [0.25, 0.3) is 11.8 Å². The van der Waals surface area contributed by atoms with Crippen LogP contribution in [0.1, 0.15) is 10.4 Å². The van der Waals surface area contributed by atoms with Gasteiger partial charge >= 0.3 is 5.97 Å². The van der Waals surface area contributed by atoms with Gasteiger partial charge in [0, 0.05) is 11.1 Å². The highest BCUT2D eigenvalue weighted by Gasteiger charge is 2.14. The fourth-order valence-electron chi connectivity index (χ4n) is 1.90. The van der Waals surface area contributed by atoms with E-state index in [9.17, 15) is 23.2 Å². The first-order valence-electron chi connectivity index (χ1n) is 7.40. The normalized spacial score (nSPS) is 10.2. The zero-order chi connectivity index (χ0) is 20.0. The third-order valence-corrected chi connectivity index (χ3v) is 3.68. The summed E-state index contributed by atoms with van der Waals surface area (Å²) in [5.41, 5.74) is -0.282. The lowest BCUT2D eigenvalue weighted by Gasteiger charge is -2.09. The van der Waals surface area contributed by atoms with E-state index in [1.807, 2.05) is 0 Å². The van der Waals surface area contributed by atoms with Crippen LogP contribution in [0.3, 0.4) is 0 Å². The molecule has 6 nitrogen and oxygen atoms in total. The van der Waals surface area contributed by atoms with Crippen LogP contribution in [0.5, 0.6) is 0 Å². The molecule has 0 unspecified atom stereocenters. The van der Waals surface area contributed by atoms with Crippen LogP contribution in [0, 0.1) is 11.6 Å². The summed E-state index contributed by atoms with van der Waals surface area (Å²) in [4.78, 5) is 35.1. The third-order valence-electron chi connectivity index (χ3n) is 3.14. The van der Waals surface area contributed by atoms with Crippen LogP contribution >= 0.6 is 23.2 Å². The second-order valence-electron chi connectivity index (χ2n) is 5.14. The van der Waals surface area contributed by atoms with Crippen LogP contribution in [0.25, 0.3) is 0 Å². The molecule has 0 bridgehead atoms. The van der Waals surface area contributed by atoms with Gasteiger partial charge in [0.05, 0.1) is 16.3 Å². The number of carbonyl (C=O) groups excluding carboxylic acids is 3. The van der Waals surface area contributed by atoms with Crippen molar-refractivity contribution in [3.05, 3.63) is 63.6 Å². The monoisotopic (exact) mass is 416 g/mol. The summed E-state index contributed by atoms with van der Waals surface area (Å²) in [5.74, 6) is -4.02. The maximum atomic E-state index is 13.4. The van der Waals surface area contributed by atoms with E-state index in [1.54, 1.807) is 0 Å². The minimum absolute atomic E-state index is 0.102. The Morgan fingerprint density at radius 1 is 1.04 bits per heavy atom. The molecule has 0 spiro atoms. The van der Waals surface area contributed by atoms with Crippen molar-refractivity contribution in [3.63, 3.8) is 0 Å². The predicted molar refractivity (Wildman–Crippen MR) is 94.7 cm³/mol. The second-order valence-corrected chi connectivity index (χ2v) is 5.98. The van der Waals surface area contributed by atoms with E-state index < -0.39 is 42.6 Å². The van der Waals surface area contributed by atoms with E-state index in [1.165, 1.54) is 18.2 Å². The molecule has 0 aliphatic carbocycles. The van der Waals surface area contributed by atoms with Crippen molar-refractivity contribution in [2.24, 2.45) is 0 Å². The van der Waals surface area contributed by atoms with Crippen LogP contribution in [0.4, 0.5) is 14.5 Å². The second kappa shape index (κ2) is 9.29. The molecule has 10 heteroatoms. The molecule has 2 aromatic carbocycles. The van der Waals surface area contributed by atoms with Crippen molar-refractivity contribution in [1.82, 2.24) is 5.32 Å². The molecule has 0 radical (unpaired) electrons. The first kappa shape index (κ1) is 20.6. The minimum atomic E-state index is -0.914. The van der Waals surface area contributed by atoms with E-state index in [4.69, 9.17) is 23.2 Å². The lowest BCUT2D eigenvalue weighted by atomic mass is 10.2. The topological polar surface area (TPSA) is 84.5 Å². The van der Waals surface area contributed by atoms with Crippen molar-refractivity contribution < 1.29 is 27.9 Å². The zero-order valence-corrected chi connectivity index (χ0v) is 15.0. The Labute approximate surface area is 162 Å². The molecular weight excluding hydrogens is 405 g/mol. The molecule has 0 aliphatic rings. The molecule has 0 heterocycles. The van der Waals surface area contributed by atoms with Gasteiger partial charge in [0.2, 0.25) is 0 Å². The number of carbonyl (C=O) groups is 3. The maximum absolute atomic E-state index is 13.4. The molecular formula is C17H12Cl2F2N2O4. The smallest absolute Gasteiger partial charge is 0.325 e. The Balaban J connectivity index is 1.79. The molecule has 2 N–H and O–H groups in total. The summed E-state index contributed by atoms with van der Waals surface area (Å²) in [6.45, 7) is -1.27. The lowest BCUT2D eigenvalue weighted by Crippen LogP contribution is -2.32. The summed E-state index contributed by atoms with van der Waals surface area (Å²) >= 11 is 11.6. The molecule has 2 rings (SSSR count). The zero-order valence-electron chi connectivity index (χ0n) is 13.5. The maximum Gasteiger partial charge on any atom is 0.325 e. The first-order valence-corrected chi connectivity index (χ1v) is 8.15. The predicted octanol–water partition coefficient (Wildman–Crippen LogP) is 3.18. The van der Waals surface area contributed by atoms with E-state index in [0.717, 1.165) is 18.2 Å². The molecule has 27 heavy (non-hydrogen) atoms. The fourth-order valence-corrected chi connectivity index (χ4v) is 2.39. The van der Waals surface area contributed by atoms with Gasteiger partial charge in [-0.05, 0) is 30.3 Å². The molecule has 0 aromatic heterocycles. The van der Waals surface area contributed by atoms with Crippen molar-refractivity contribution in [3.8, 4) is 0 Å². The summed E-state index contributed by atoms with van der Waals surface area (Å²) in [6, 6.07) is 6.72. The van der Waals surface area contributed by atoms with Crippen LogP contribution in [-0.2, 0) is 14.3 Å². The molecule has 0 saturated heterocycles. The highest BCUT2D eigenvalue weighted by Crippen LogP contribution is 2.20. The number of nitrogens with one attached hydrogen (secondary N) is 2. The highest BCUT2D eigenvalue weighted by atomic mass is 35.5. The van der Waals surface area contributed by atoms with Gasteiger partial charge in [0.1, 0.15) is 18.2 Å². The average molecular weight is 417 g/mol. The molecule has 2 aromatic rings. The summed E-state index contributed by atoms with van der Waals surface area (Å²) < 4.78 is 31.1. The number of hydrogen-bond acceptors (Lipinski definition) is 4. The lowest BCUT2D eigenvalue weighted by molar-refractivity contribution is -0.146. The number of anilines is 1. The number of rotatable bonds is 6. The van der Waals surface area contributed by atoms with E-state index >= 15 is 0 Å². The van der Waals surface area contributed by atoms with Gasteiger partial charge in [0.15, 0.2) is 6.61 Å². The largest absolute Gasteiger partial charge is 0.454 e. The van der Waals surface area contributed by atoms with Gasteiger partial charge in [-0.2, -0.15) is 0 Å². The van der Waals surface area contributed by atoms with Crippen molar-refractivity contribution >= 4 is 46.7 Å². The van der Waals surface area contributed by atoms with Crippen LogP contribution < -0.4 is 10.6 Å². The summed E-state index contributed by atoms with van der Waals surface area (Å²) in [7, 11) is 0. The minimum Gasteiger partial charge on any atom is -0.454 e. The van der Waals surface area contributed by atoms with Crippen molar-refractivity contribution in [2.75, 3.05) is 18.5 Å². The SMILES string of the molecule is O=C(COC(=O)CNC(=O)c1ccc(Cl)cc1Cl)Nc1cc(F)ccc1F. The highest BCUT2D eigenvalue weighted by molar-refractivity contribution is 6.36. The van der Waals surface area contributed by atoms with Gasteiger partial charge in [-0.15, -0.1) is 0 Å². The molecule has 0 saturated carbocycles. The summed E-state index contributed by atoms with van der Waals surface area (Å²) in [6.07, 6.45) is 0. The van der Waals surface area contributed by atoms with E-state index in [-0.39, 0.29) is 16.3 Å². The Kier molecular flexibility index (Phi) is 7.09. The van der Waals surface area contributed by atoms with Gasteiger partial charge in [-0.3, -0.25) is 14.4 Å². The van der Waals surface area contributed by atoms with Gasteiger partial charge < -0.3 is 15.4 Å². The molecule has 0 fully saturated rings. The quantitative estimate of drug-likeness (QED) is 0.708. The molecule has 142 valence electrons. The molecule has 2 amide bonds. The van der Waals surface area contributed by atoms with Gasteiger partial charge in [-0.1, -0.05) is 23.2 Å². The number of amides is 2. The average Bonchev–Trinajstić information content (AvgIpc) is 2.61. The number of ether oxygens (including phenoxy) is 1. The Bertz CT molecular complexity index is 893. The van der Waals surface area contributed by atoms with Gasteiger partial charge in [-0.25, -0.2) is 8.78 Å². The fraction of sp³-hybridized carbons (Fsp3) is 0.118. The van der Waals surface area contributed by atoms with Crippen molar-refractivity contribution in [1.29, 1.82) is 0 Å². The Morgan fingerprint density at radius 2 is 1.78 bits per heavy atom. The number of halogens is 4. The number of esters is 1. The van der Waals surface area contributed by atoms with Crippen LogP contribution in [-0.4, -0.2) is 30.9 Å². The van der Waals surface area contributed by atoms with Crippen molar-refractivity contribution in [2.45, 2.75) is 0 Å². The Morgan fingerprint density at radius 3 is 2.48 bits per heavy atom. The third kappa shape index (κ3) is 6.19. The summed E-state index contributed by atoms with van der Waals surface area (Å²) in [5, 5.41) is 4.77.